The Balaban J connectivity index is 3.50. The zero-order valence-electron chi connectivity index (χ0n) is 3.12. The zero-order valence-corrected chi connectivity index (χ0v) is 5.46. The van der Waals surface area contributed by atoms with E-state index in [1.165, 1.54) is 0 Å². The highest BCUT2D eigenvalue weighted by atomic mass is 79.9. The Bertz CT molecular complexity index is 75.6. The molecular weight excluding hydrogens is 163 g/mol. The van der Waals surface area contributed by atoms with Crippen LogP contribution in [0.25, 0.3) is 0 Å². The average molecular weight is 167 g/mol. The Labute approximate surface area is 50.6 Å². The van der Waals surface area contributed by atoms with Crippen molar-refractivity contribution in [2.24, 2.45) is 0 Å². The summed E-state index contributed by atoms with van der Waals surface area (Å²) in [5.74, 6) is 0. The monoisotopic (exact) mass is 166 g/mol. The van der Waals surface area contributed by atoms with Gasteiger partial charge in [0.15, 0.2) is 0 Å². The highest BCUT2D eigenvalue weighted by Crippen LogP contribution is 2.02. The largest absolute Gasteiger partial charge is 0.0976 e. The standard InChI is InChI=1S/C4H4BrCl/c1-2-4(6)3-5/h2-3H,1H2/b4-3-. The van der Waals surface area contributed by atoms with E-state index in [0.29, 0.717) is 5.03 Å². The minimum atomic E-state index is 0.620. The summed E-state index contributed by atoms with van der Waals surface area (Å²) < 4.78 is 0. The minimum Gasteiger partial charge on any atom is -0.0976 e. The third kappa shape index (κ3) is 2.49. The van der Waals surface area contributed by atoms with Crippen molar-refractivity contribution in [3.05, 3.63) is 22.7 Å². The Morgan fingerprint density at radius 3 is 2.33 bits per heavy atom. The molecule has 0 aromatic carbocycles. The summed E-state index contributed by atoms with van der Waals surface area (Å²) in [6.45, 7) is 3.40. The van der Waals surface area contributed by atoms with Crippen LogP contribution >= 0.6 is 27.5 Å². The molecule has 34 valence electrons. The second kappa shape index (κ2) is 3.44. The Hall–Kier alpha value is 0.250. The molecule has 0 nitrogen and oxygen atoms in total. The van der Waals surface area contributed by atoms with Crippen LogP contribution in [0.2, 0.25) is 0 Å². The van der Waals surface area contributed by atoms with E-state index in [1.54, 1.807) is 11.1 Å². The van der Waals surface area contributed by atoms with Gasteiger partial charge in [-0.05, 0) is 4.99 Å². The molecule has 0 aliphatic carbocycles. The van der Waals surface area contributed by atoms with E-state index >= 15 is 0 Å². The van der Waals surface area contributed by atoms with Crippen LogP contribution in [0.1, 0.15) is 0 Å². The van der Waals surface area contributed by atoms with E-state index in [9.17, 15) is 0 Å². The third-order valence-corrected chi connectivity index (χ3v) is 1.32. The van der Waals surface area contributed by atoms with Gasteiger partial charge in [0.1, 0.15) is 0 Å². The Morgan fingerprint density at radius 2 is 2.33 bits per heavy atom. The lowest BCUT2D eigenvalue weighted by Crippen LogP contribution is -1.48. The molecule has 0 heterocycles. The van der Waals surface area contributed by atoms with Gasteiger partial charge in [-0.2, -0.15) is 0 Å². The Kier molecular flexibility index (Phi) is 3.58. The van der Waals surface area contributed by atoms with Gasteiger partial charge >= 0.3 is 0 Å². The number of halogens is 2. The van der Waals surface area contributed by atoms with Crippen LogP contribution < -0.4 is 0 Å². The third-order valence-electron chi connectivity index (χ3n) is 0.299. The van der Waals surface area contributed by atoms with Crippen molar-refractivity contribution in [3.63, 3.8) is 0 Å². The van der Waals surface area contributed by atoms with Crippen LogP contribution in [0.3, 0.4) is 0 Å². The van der Waals surface area contributed by atoms with Gasteiger partial charge in [-0.3, -0.25) is 0 Å². The summed E-state index contributed by atoms with van der Waals surface area (Å²) in [5, 5.41) is 0.620. The van der Waals surface area contributed by atoms with E-state index < -0.39 is 0 Å². The molecule has 0 atom stereocenters. The van der Waals surface area contributed by atoms with Crippen LogP contribution in [0, 0.1) is 0 Å². The number of allylic oxidation sites excluding steroid dienone is 2. The van der Waals surface area contributed by atoms with E-state index in [0.717, 1.165) is 0 Å². The van der Waals surface area contributed by atoms with Gasteiger partial charge in [-0.1, -0.05) is 40.2 Å². The molecule has 0 saturated heterocycles. The highest BCUT2D eigenvalue weighted by Gasteiger charge is 1.71. The lowest BCUT2D eigenvalue weighted by molar-refractivity contribution is 2.02. The molecule has 0 amide bonds. The molecule has 0 aliphatic heterocycles. The quantitative estimate of drug-likeness (QED) is 0.527. The first-order valence-electron chi connectivity index (χ1n) is 1.39. The molecule has 2 heteroatoms. The van der Waals surface area contributed by atoms with Crippen molar-refractivity contribution in [2.75, 3.05) is 0 Å². The van der Waals surface area contributed by atoms with E-state index in [1.807, 2.05) is 0 Å². The van der Waals surface area contributed by atoms with E-state index in [-0.39, 0.29) is 0 Å². The molecule has 0 saturated carbocycles. The van der Waals surface area contributed by atoms with Crippen LogP contribution in [0.5, 0.6) is 0 Å². The van der Waals surface area contributed by atoms with Crippen molar-refractivity contribution < 1.29 is 0 Å². The maximum absolute atomic E-state index is 5.35. The molecule has 0 unspecified atom stereocenters. The van der Waals surface area contributed by atoms with Crippen molar-refractivity contribution in [3.8, 4) is 0 Å². The number of hydrogen-bond acceptors (Lipinski definition) is 0. The van der Waals surface area contributed by atoms with Gasteiger partial charge in [-0.25, -0.2) is 0 Å². The van der Waals surface area contributed by atoms with Crippen molar-refractivity contribution in [1.29, 1.82) is 0 Å². The van der Waals surface area contributed by atoms with Gasteiger partial charge in [-0.15, -0.1) is 0 Å². The molecule has 0 aromatic rings. The molecule has 0 aliphatic rings. The number of rotatable bonds is 1. The van der Waals surface area contributed by atoms with Crippen LogP contribution in [0.4, 0.5) is 0 Å². The molecule has 6 heavy (non-hydrogen) atoms. The first-order chi connectivity index (χ1) is 2.81. The predicted molar refractivity (Wildman–Crippen MR) is 33.1 cm³/mol. The fraction of sp³-hybridized carbons (Fsp3) is 0. The van der Waals surface area contributed by atoms with Gasteiger partial charge in [0.25, 0.3) is 0 Å². The topological polar surface area (TPSA) is 0 Å². The first-order valence-corrected chi connectivity index (χ1v) is 2.69. The maximum Gasteiger partial charge on any atom is 0.0469 e. The van der Waals surface area contributed by atoms with Crippen LogP contribution in [-0.4, -0.2) is 0 Å². The Morgan fingerprint density at radius 1 is 1.83 bits per heavy atom. The van der Waals surface area contributed by atoms with Gasteiger partial charge in [0.05, 0.1) is 0 Å². The predicted octanol–water partition coefficient (Wildman–Crippen LogP) is 2.65. The van der Waals surface area contributed by atoms with Gasteiger partial charge in [0, 0.05) is 5.03 Å². The summed E-state index contributed by atoms with van der Waals surface area (Å²) >= 11 is 8.36. The lowest BCUT2D eigenvalue weighted by Gasteiger charge is -1.73. The van der Waals surface area contributed by atoms with Crippen LogP contribution in [0.15, 0.2) is 22.7 Å². The van der Waals surface area contributed by atoms with Crippen molar-refractivity contribution >= 4 is 27.5 Å². The lowest BCUT2D eigenvalue weighted by atomic mass is 10.6. The summed E-state index contributed by atoms with van der Waals surface area (Å²) in [5.41, 5.74) is 0. The fourth-order valence-corrected chi connectivity index (χ4v) is 0.231. The fourth-order valence-electron chi connectivity index (χ4n) is 0.0445. The molecule has 0 aromatic heterocycles. The molecule has 0 fully saturated rings. The first kappa shape index (κ1) is 6.25. The van der Waals surface area contributed by atoms with Gasteiger partial charge < -0.3 is 0 Å². The normalized spacial score (nSPS) is 11.3. The van der Waals surface area contributed by atoms with E-state index in [2.05, 4.69) is 22.5 Å². The minimum absolute atomic E-state index is 0.620. The van der Waals surface area contributed by atoms with E-state index in [4.69, 9.17) is 11.6 Å². The zero-order chi connectivity index (χ0) is 4.99. The van der Waals surface area contributed by atoms with Crippen molar-refractivity contribution in [2.45, 2.75) is 0 Å². The molecule has 0 spiro atoms. The average Bonchev–Trinajstić information content (AvgIpc) is 1.65. The van der Waals surface area contributed by atoms with Crippen LogP contribution in [-0.2, 0) is 0 Å². The summed E-state index contributed by atoms with van der Waals surface area (Å²) in [4.78, 5) is 1.60. The maximum atomic E-state index is 5.35. The molecular formula is C4H4BrCl. The summed E-state index contributed by atoms with van der Waals surface area (Å²) in [6.07, 6.45) is 1.55. The SMILES string of the molecule is C=C/C(Cl)=C/Br. The second-order valence-corrected chi connectivity index (χ2v) is 1.59. The summed E-state index contributed by atoms with van der Waals surface area (Å²) in [7, 11) is 0. The summed E-state index contributed by atoms with van der Waals surface area (Å²) in [6, 6.07) is 0. The second-order valence-electron chi connectivity index (χ2n) is 0.698. The van der Waals surface area contributed by atoms with Gasteiger partial charge in [0.2, 0.25) is 0 Å². The smallest absolute Gasteiger partial charge is 0.0469 e. The molecule has 0 bridgehead atoms. The molecule has 0 rings (SSSR count). The number of hydrogen-bond donors (Lipinski definition) is 0. The van der Waals surface area contributed by atoms with Crippen molar-refractivity contribution in [1.82, 2.24) is 0 Å². The highest BCUT2D eigenvalue weighted by molar-refractivity contribution is 9.11. The molecule has 0 N–H and O–H groups in total. The molecule has 0 radical (unpaired) electrons.